The third-order valence-electron chi connectivity index (χ3n) is 4.51. The molecule has 0 radical (unpaired) electrons. The van der Waals surface area contributed by atoms with Crippen molar-refractivity contribution >= 4 is 22.0 Å². The Balaban J connectivity index is 1.82. The van der Waals surface area contributed by atoms with Crippen LogP contribution in [0.3, 0.4) is 0 Å². The molecule has 0 bridgehead atoms. The summed E-state index contributed by atoms with van der Waals surface area (Å²) in [6.45, 7) is 4.17. The highest BCUT2D eigenvalue weighted by molar-refractivity contribution is 7.92. The molecule has 0 aromatic heterocycles. The molecule has 0 spiro atoms. The number of amides is 1. The van der Waals surface area contributed by atoms with Crippen LogP contribution < -0.4 is 10.0 Å². The first-order valence-corrected chi connectivity index (χ1v) is 11.5. The zero-order valence-electron chi connectivity index (χ0n) is 17.0. The van der Waals surface area contributed by atoms with E-state index in [1.54, 1.807) is 0 Å². The molecule has 2 rings (SSSR count). The summed E-state index contributed by atoms with van der Waals surface area (Å²) in [5, 5.41) is 3.96. The second kappa shape index (κ2) is 11.5. The molecule has 5 nitrogen and oxygen atoms in total. The van der Waals surface area contributed by atoms with Crippen molar-refractivity contribution in [2.75, 3.05) is 6.54 Å². The topological polar surface area (TPSA) is 75.3 Å². The van der Waals surface area contributed by atoms with Crippen molar-refractivity contribution in [3.63, 3.8) is 0 Å². The van der Waals surface area contributed by atoms with Crippen LogP contribution in [0.15, 0.2) is 66.1 Å². The van der Waals surface area contributed by atoms with Crippen molar-refractivity contribution in [2.45, 2.75) is 39.2 Å². The molecule has 0 aliphatic rings. The van der Waals surface area contributed by atoms with E-state index in [2.05, 4.69) is 22.2 Å². The van der Waals surface area contributed by atoms with E-state index in [-0.39, 0.29) is 11.8 Å². The molecule has 0 aliphatic heterocycles. The number of benzene rings is 2. The fourth-order valence-corrected chi connectivity index (χ4v) is 4.01. The van der Waals surface area contributed by atoms with Crippen molar-refractivity contribution in [1.82, 2.24) is 10.0 Å². The van der Waals surface area contributed by atoms with Gasteiger partial charge in [0.25, 0.3) is 0 Å². The van der Waals surface area contributed by atoms with Gasteiger partial charge in [-0.3, -0.25) is 4.79 Å². The predicted molar refractivity (Wildman–Crippen MR) is 119 cm³/mol. The van der Waals surface area contributed by atoms with E-state index in [9.17, 15) is 13.2 Å². The fourth-order valence-electron chi connectivity index (χ4n) is 2.86. The van der Waals surface area contributed by atoms with Crippen LogP contribution in [-0.4, -0.2) is 26.9 Å². The first-order chi connectivity index (χ1) is 13.9. The van der Waals surface area contributed by atoms with Gasteiger partial charge in [0, 0.05) is 12.0 Å². The molecular weight excluding hydrogens is 384 g/mol. The van der Waals surface area contributed by atoms with Gasteiger partial charge in [-0.15, -0.1) is 0 Å². The molecule has 0 saturated carbocycles. The molecule has 2 N–H and O–H groups in total. The maximum Gasteiger partial charge on any atom is 0.238 e. The Morgan fingerprint density at radius 3 is 2.21 bits per heavy atom. The van der Waals surface area contributed by atoms with Gasteiger partial charge in [0.15, 0.2) is 0 Å². The molecule has 156 valence electrons. The van der Waals surface area contributed by atoms with Crippen LogP contribution in [0.4, 0.5) is 0 Å². The maximum atomic E-state index is 12.5. The minimum Gasteiger partial charge on any atom is -0.355 e. The number of hydrogen-bond donors (Lipinski definition) is 2. The number of nitrogens with one attached hydrogen (secondary N) is 2. The summed E-state index contributed by atoms with van der Waals surface area (Å²) in [6, 6.07) is 18.6. The zero-order valence-corrected chi connectivity index (χ0v) is 17.9. The summed E-state index contributed by atoms with van der Waals surface area (Å²) >= 11 is 0. The van der Waals surface area contributed by atoms with Gasteiger partial charge in [0.05, 0.1) is 0 Å². The molecule has 2 aromatic rings. The Morgan fingerprint density at radius 2 is 1.59 bits per heavy atom. The largest absolute Gasteiger partial charge is 0.355 e. The lowest BCUT2D eigenvalue weighted by Gasteiger charge is -2.20. The van der Waals surface area contributed by atoms with Crippen molar-refractivity contribution < 1.29 is 13.2 Å². The number of rotatable bonds is 11. The predicted octanol–water partition coefficient (Wildman–Crippen LogP) is 3.74. The van der Waals surface area contributed by atoms with Crippen LogP contribution >= 0.6 is 0 Å². The summed E-state index contributed by atoms with van der Waals surface area (Å²) in [4.78, 5) is 12.5. The van der Waals surface area contributed by atoms with Gasteiger partial charge in [-0.1, -0.05) is 74.5 Å². The first kappa shape index (κ1) is 22.8. The van der Waals surface area contributed by atoms with Crippen LogP contribution in [0.5, 0.6) is 0 Å². The third kappa shape index (κ3) is 8.62. The molecule has 0 unspecified atom stereocenters. The summed E-state index contributed by atoms with van der Waals surface area (Å²) in [5.41, 5.74) is 2.05. The van der Waals surface area contributed by atoms with E-state index in [1.807, 2.05) is 62.4 Å². The van der Waals surface area contributed by atoms with Gasteiger partial charge in [-0.2, -0.15) is 4.72 Å². The van der Waals surface area contributed by atoms with Gasteiger partial charge >= 0.3 is 0 Å². The molecule has 6 heteroatoms. The van der Waals surface area contributed by atoms with Crippen LogP contribution in [-0.2, 0) is 21.2 Å². The fraction of sp³-hybridized carbons (Fsp3) is 0.348. The van der Waals surface area contributed by atoms with Crippen molar-refractivity contribution in [3.8, 4) is 0 Å². The number of carbonyl (C=O) groups is 1. The highest BCUT2D eigenvalue weighted by atomic mass is 32.2. The molecule has 1 atom stereocenters. The number of unbranched alkanes of at least 4 members (excludes halogenated alkanes) is 1. The average molecular weight is 415 g/mol. The zero-order chi connectivity index (χ0) is 21.1. The van der Waals surface area contributed by atoms with Gasteiger partial charge < -0.3 is 5.32 Å². The molecule has 1 amide bonds. The summed E-state index contributed by atoms with van der Waals surface area (Å²) in [7, 11) is -3.73. The lowest BCUT2D eigenvalue weighted by atomic mass is 10.0. The average Bonchev–Trinajstić information content (AvgIpc) is 2.71. The SMILES string of the molecule is CC(C)[C@H](NS(=O)(=O)/C=C/c1ccccc1)C(=O)NCCCCc1ccccc1. The van der Waals surface area contributed by atoms with Gasteiger partial charge in [-0.05, 0) is 42.4 Å². The standard InChI is InChI=1S/C23H30N2O3S/c1-19(2)22(25-29(27,28)18-16-21-13-7-4-8-14-21)23(26)24-17-10-9-15-20-11-5-3-6-12-20/h3-8,11-14,16,18-19,22,25H,9-10,15,17H2,1-2H3,(H,24,26)/b18-16+/t22-/m0/s1. The Bertz CT molecular complexity index is 879. The minimum atomic E-state index is -3.73. The lowest BCUT2D eigenvalue weighted by Crippen LogP contribution is -2.49. The van der Waals surface area contributed by atoms with E-state index in [1.165, 1.54) is 11.6 Å². The van der Waals surface area contributed by atoms with Crippen LogP contribution in [0, 0.1) is 5.92 Å². The number of carbonyl (C=O) groups excluding carboxylic acids is 1. The summed E-state index contributed by atoms with van der Waals surface area (Å²) in [6.07, 6.45) is 4.27. The smallest absolute Gasteiger partial charge is 0.238 e. The molecule has 0 heterocycles. The second-order valence-corrected chi connectivity index (χ2v) is 8.93. The summed E-state index contributed by atoms with van der Waals surface area (Å²) < 4.78 is 27.3. The van der Waals surface area contributed by atoms with E-state index in [0.717, 1.165) is 30.2 Å². The second-order valence-electron chi connectivity index (χ2n) is 7.33. The van der Waals surface area contributed by atoms with Gasteiger partial charge in [-0.25, -0.2) is 8.42 Å². The molecule has 0 aliphatic carbocycles. The highest BCUT2D eigenvalue weighted by Gasteiger charge is 2.25. The minimum absolute atomic E-state index is 0.167. The Labute approximate surface area is 174 Å². The Hall–Kier alpha value is -2.44. The van der Waals surface area contributed by atoms with E-state index < -0.39 is 16.1 Å². The number of sulfonamides is 1. The molecule has 0 saturated heterocycles. The molecular formula is C23H30N2O3S. The quantitative estimate of drug-likeness (QED) is 0.550. The molecule has 0 fully saturated rings. The van der Waals surface area contributed by atoms with Crippen LogP contribution in [0.25, 0.3) is 6.08 Å². The normalized spacial score (nSPS) is 12.9. The summed E-state index contributed by atoms with van der Waals surface area (Å²) in [5.74, 6) is -0.462. The molecule has 2 aromatic carbocycles. The molecule has 29 heavy (non-hydrogen) atoms. The number of hydrogen-bond acceptors (Lipinski definition) is 3. The first-order valence-electron chi connectivity index (χ1n) is 9.94. The van der Waals surface area contributed by atoms with E-state index in [0.29, 0.717) is 6.54 Å². The van der Waals surface area contributed by atoms with Gasteiger partial charge in [0.2, 0.25) is 15.9 Å². The third-order valence-corrected chi connectivity index (χ3v) is 5.59. The van der Waals surface area contributed by atoms with Gasteiger partial charge in [0.1, 0.15) is 6.04 Å². The number of aryl methyl sites for hydroxylation is 1. The van der Waals surface area contributed by atoms with E-state index in [4.69, 9.17) is 0 Å². The lowest BCUT2D eigenvalue weighted by molar-refractivity contribution is -0.123. The highest BCUT2D eigenvalue weighted by Crippen LogP contribution is 2.08. The van der Waals surface area contributed by atoms with Crippen molar-refractivity contribution in [3.05, 3.63) is 77.2 Å². The van der Waals surface area contributed by atoms with Crippen LogP contribution in [0.1, 0.15) is 37.8 Å². The maximum absolute atomic E-state index is 12.5. The van der Waals surface area contributed by atoms with Crippen molar-refractivity contribution in [2.24, 2.45) is 5.92 Å². The Kier molecular flexibility index (Phi) is 9.09. The van der Waals surface area contributed by atoms with E-state index >= 15 is 0 Å². The monoisotopic (exact) mass is 414 g/mol. The Morgan fingerprint density at radius 1 is 0.966 bits per heavy atom. The van der Waals surface area contributed by atoms with Crippen LogP contribution in [0.2, 0.25) is 0 Å². The van der Waals surface area contributed by atoms with Crippen molar-refractivity contribution in [1.29, 1.82) is 0 Å².